The molecule has 0 aromatic heterocycles. The number of halogens is 1. The number of carbonyl (C=O) groups is 3. The van der Waals surface area contributed by atoms with Gasteiger partial charge in [0.2, 0.25) is 5.91 Å². The van der Waals surface area contributed by atoms with E-state index >= 15 is 0 Å². The van der Waals surface area contributed by atoms with Crippen LogP contribution in [0.4, 0.5) is 4.79 Å². The van der Waals surface area contributed by atoms with Crippen LogP contribution in [0.25, 0.3) is 0 Å². The fourth-order valence-electron chi connectivity index (χ4n) is 2.92. The molecule has 2 aliphatic rings. The lowest BCUT2D eigenvalue weighted by molar-refractivity contribution is -0.128. The monoisotopic (exact) mass is 426 g/mol. The Labute approximate surface area is 158 Å². The molecule has 0 saturated carbocycles. The van der Waals surface area contributed by atoms with Crippen molar-refractivity contribution in [3.63, 3.8) is 0 Å². The van der Waals surface area contributed by atoms with Crippen LogP contribution in [0.15, 0.2) is 28.7 Å². The van der Waals surface area contributed by atoms with Crippen LogP contribution in [0.2, 0.25) is 0 Å². The molecule has 140 valence electrons. The first kappa shape index (κ1) is 18.8. The van der Waals surface area contributed by atoms with Crippen LogP contribution in [0.3, 0.4) is 0 Å². The van der Waals surface area contributed by atoms with Gasteiger partial charge in [-0.15, -0.1) is 0 Å². The first-order valence-electron chi connectivity index (χ1n) is 8.23. The second-order valence-electron chi connectivity index (χ2n) is 6.39. The summed E-state index contributed by atoms with van der Waals surface area (Å²) in [5.41, 5.74) is 0.381. The maximum atomic E-state index is 12.1. The average Bonchev–Trinajstić information content (AvgIpc) is 2.96. The fraction of sp³-hybridized carbons (Fsp3) is 0.471. The van der Waals surface area contributed by atoms with E-state index in [2.05, 4.69) is 21.2 Å². The Hall–Kier alpha value is -1.97. The fourth-order valence-corrected chi connectivity index (χ4v) is 3.32. The normalized spacial score (nSPS) is 28.8. The topological polar surface area (TPSA) is 105 Å². The van der Waals surface area contributed by atoms with Crippen molar-refractivity contribution < 1.29 is 29.0 Å². The zero-order chi connectivity index (χ0) is 18.8. The lowest BCUT2D eigenvalue weighted by Gasteiger charge is -2.34. The van der Waals surface area contributed by atoms with Gasteiger partial charge < -0.3 is 14.6 Å². The quantitative estimate of drug-likeness (QED) is 0.702. The van der Waals surface area contributed by atoms with Gasteiger partial charge >= 0.3 is 12.0 Å². The number of nitrogens with zero attached hydrogens (tertiary/aromatic N) is 1. The zero-order valence-electron chi connectivity index (χ0n) is 14.1. The number of ether oxygens (including phenoxy) is 2. The van der Waals surface area contributed by atoms with Crippen LogP contribution in [0, 0.1) is 5.92 Å². The number of hydrogen-bond donors (Lipinski definition) is 2. The van der Waals surface area contributed by atoms with Gasteiger partial charge in [0.25, 0.3) is 0 Å². The highest BCUT2D eigenvalue weighted by Gasteiger charge is 2.42. The molecule has 2 aliphatic heterocycles. The number of nitrogens with one attached hydrogen (secondary N) is 1. The molecule has 8 nitrogen and oxygen atoms in total. The van der Waals surface area contributed by atoms with Crippen molar-refractivity contribution in [1.29, 1.82) is 0 Å². The third-order valence-corrected chi connectivity index (χ3v) is 4.89. The van der Waals surface area contributed by atoms with Crippen molar-refractivity contribution in [3.05, 3.63) is 34.3 Å². The summed E-state index contributed by atoms with van der Waals surface area (Å²) < 4.78 is 11.7. The number of hydrogen-bond acceptors (Lipinski definition) is 6. The molecule has 2 heterocycles. The van der Waals surface area contributed by atoms with Gasteiger partial charge in [-0.25, -0.2) is 9.59 Å². The van der Waals surface area contributed by atoms with E-state index in [9.17, 15) is 19.5 Å². The molecule has 0 radical (unpaired) electrons. The molecule has 1 unspecified atom stereocenters. The van der Waals surface area contributed by atoms with Crippen molar-refractivity contribution in [2.24, 2.45) is 5.92 Å². The highest BCUT2D eigenvalue weighted by atomic mass is 79.9. The van der Waals surface area contributed by atoms with Gasteiger partial charge in [-0.2, -0.15) is 0 Å². The Morgan fingerprint density at radius 1 is 1.46 bits per heavy atom. The van der Waals surface area contributed by atoms with Crippen molar-refractivity contribution in [3.8, 4) is 0 Å². The number of benzene rings is 1. The Morgan fingerprint density at radius 2 is 2.23 bits per heavy atom. The number of amides is 3. The second kappa shape index (κ2) is 7.73. The van der Waals surface area contributed by atoms with E-state index in [1.54, 1.807) is 31.2 Å². The van der Waals surface area contributed by atoms with Gasteiger partial charge in [-0.3, -0.25) is 15.0 Å². The SMILES string of the molecule is CC1CN([C@H]2C[C@H](O)[C@@H](COC(=O)c3cccc(Br)c3)O2)C(=O)NC1=O. The number of imide groups is 1. The van der Waals surface area contributed by atoms with Crippen LogP contribution >= 0.6 is 15.9 Å². The molecule has 2 N–H and O–H groups in total. The van der Waals surface area contributed by atoms with E-state index in [4.69, 9.17) is 9.47 Å². The first-order valence-corrected chi connectivity index (χ1v) is 9.02. The summed E-state index contributed by atoms with van der Waals surface area (Å²) in [6, 6.07) is 6.22. The van der Waals surface area contributed by atoms with Gasteiger partial charge in [0, 0.05) is 17.4 Å². The summed E-state index contributed by atoms with van der Waals surface area (Å²) >= 11 is 3.28. The predicted octanol–water partition coefficient (Wildman–Crippen LogP) is 1.27. The number of aliphatic hydroxyl groups is 1. The molecule has 0 spiro atoms. The van der Waals surface area contributed by atoms with E-state index in [-0.39, 0.29) is 31.4 Å². The summed E-state index contributed by atoms with van der Waals surface area (Å²) in [5, 5.41) is 12.4. The van der Waals surface area contributed by atoms with Crippen LogP contribution in [-0.2, 0) is 14.3 Å². The largest absolute Gasteiger partial charge is 0.459 e. The Morgan fingerprint density at radius 3 is 2.96 bits per heavy atom. The second-order valence-corrected chi connectivity index (χ2v) is 7.30. The Kier molecular flexibility index (Phi) is 5.59. The molecular weight excluding hydrogens is 408 g/mol. The number of carbonyl (C=O) groups excluding carboxylic acids is 3. The summed E-state index contributed by atoms with van der Waals surface area (Å²) in [6.07, 6.45) is -2.10. The lowest BCUT2D eigenvalue weighted by Crippen LogP contribution is -2.57. The van der Waals surface area contributed by atoms with Crippen molar-refractivity contribution in [1.82, 2.24) is 10.2 Å². The molecule has 0 bridgehead atoms. The molecule has 3 rings (SSSR count). The van der Waals surface area contributed by atoms with E-state index in [0.29, 0.717) is 5.56 Å². The molecule has 2 fully saturated rings. The van der Waals surface area contributed by atoms with E-state index < -0.39 is 30.4 Å². The molecular formula is C17H19BrN2O6. The Bertz CT molecular complexity index is 727. The van der Waals surface area contributed by atoms with E-state index in [1.807, 2.05) is 0 Å². The molecule has 4 atom stereocenters. The summed E-state index contributed by atoms with van der Waals surface area (Å²) in [5.74, 6) is -1.22. The van der Waals surface area contributed by atoms with Crippen LogP contribution < -0.4 is 5.32 Å². The van der Waals surface area contributed by atoms with Gasteiger partial charge in [0.05, 0.1) is 17.6 Å². The zero-order valence-corrected chi connectivity index (χ0v) is 15.6. The molecule has 9 heteroatoms. The predicted molar refractivity (Wildman–Crippen MR) is 93.1 cm³/mol. The molecule has 1 aromatic rings. The molecule has 2 saturated heterocycles. The summed E-state index contributed by atoms with van der Waals surface area (Å²) in [4.78, 5) is 37.0. The maximum absolute atomic E-state index is 12.1. The molecule has 0 aliphatic carbocycles. The first-order chi connectivity index (χ1) is 12.3. The molecule has 26 heavy (non-hydrogen) atoms. The Balaban J connectivity index is 1.56. The van der Waals surface area contributed by atoms with Crippen LogP contribution in [-0.4, -0.2) is 59.5 Å². The third-order valence-electron chi connectivity index (χ3n) is 4.40. The van der Waals surface area contributed by atoms with E-state index in [1.165, 1.54) is 4.90 Å². The van der Waals surface area contributed by atoms with E-state index in [0.717, 1.165) is 4.47 Å². The number of urea groups is 1. The van der Waals surface area contributed by atoms with Gasteiger partial charge in [-0.1, -0.05) is 28.9 Å². The summed E-state index contributed by atoms with van der Waals surface area (Å²) in [7, 11) is 0. The van der Waals surface area contributed by atoms with Crippen LogP contribution in [0.1, 0.15) is 23.7 Å². The highest BCUT2D eigenvalue weighted by Crippen LogP contribution is 2.26. The standard InChI is InChI=1S/C17H19BrN2O6/c1-9-7-20(17(24)19-15(9)22)14-6-12(21)13(26-14)8-25-16(23)10-3-2-4-11(18)5-10/h2-5,9,12-14,21H,6-8H2,1H3,(H,19,22,24)/t9?,12-,13+,14+/m0/s1. The highest BCUT2D eigenvalue weighted by molar-refractivity contribution is 9.10. The minimum absolute atomic E-state index is 0.132. The third kappa shape index (κ3) is 4.05. The average molecular weight is 427 g/mol. The van der Waals surface area contributed by atoms with Gasteiger partial charge in [0.1, 0.15) is 18.9 Å². The van der Waals surface area contributed by atoms with Crippen LogP contribution in [0.5, 0.6) is 0 Å². The minimum Gasteiger partial charge on any atom is -0.459 e. The number of rotatable bonds is 4. The molecule has 1 aromatic carbocycles. The minimum atomic E-state index is -0.879. The summed E-state index contributed by atoms with van der Waals surface area (Å²) in [6.45, 7) is 1.79. The maximum Gasteiger partial charge on any atom is 0.338 e. The van der Waals surface area contributed by atoms with Crippen molar-refractivity contribution >= 4 is 33.8 Å². The smallest absolute Gasteiger partial charge is 0.338 e. The lowest BCUT2D eigenvalue weighted by atomic mass is 10.1. The van der Waals surface area contributed by atoms with Crippen molar-refractivity contribution in [2.45, 2.75) is 31.8 Å². The number of esters is 1. The van der Waals surface area contributed by atoms with Crippen molar-refractivity contribution in [2.75, 3.05) is 13.2 Å². The van der Waals surface area contributed by atoms with Gasteiger partial charge in [-0.05, 0) is 18.2 Å². The van der Waals surface area contributed by atoms with Gasteiger partial charge in [0.15, 0.2) is 0 Å². The molecule has 3 amide bonds. The number of aliphatic hydroxyl groups excluding tert-OH is 1.